The van der Waals surface area contributed by atoms with Crippen LogP contribution in [0.15, 0.2) is 35.8 Å². The maximum atomic E-state index is 2.25. The number of allylic oxidation sites excluding steroid dienone is 2. The molecular formula is C11H20N3+. The van der Waals surface area contributed by atoms with Crippen molar-refractivity contribution in [1.82, 2.24) is 9.80 Å². The van der Waals surface area contributed by atoms with Gasteiger partial charge in [0.05, 0.1) is 11.9 Å². The number of likely N-dealkylation sites (N-methyl/N-ethyl adjacent to an activating group) is 2. The second-order valence-corrected chi connectivity index (χ2v) is 3.92. The molecule has 0 bridgehead atoms. The quantitative estimate of drug-likeness (QED) is 0.679. The minimum Gasteiger partial charge on any atom is -0.373 e. The molecule has 2 N–H and O–H groups in total. The Morgan fingerprint density at radius 2 is 2.07 bits per heavy atom. The van der Waals surface area contributed by atoms with Crippen LogP contribution in [0.5, 0.6) is 0 Å². The molecule has 1 rings (SSSR count). The van der Waals surface area contributed by atoms with Gasteiger partial charge in [0.25, 0.3) is 0 Å². The molecule has 1 heterocycles. The average molecular weight is 194 g/mol. The van der Waals surface area contributed by atoms with Crippen molar-refractivity contribution in [3.8, 4) is 0 Å². The Kier molecular flexibility index (Phi) is 3.92. The third-order valence-electron chi connectivity index (χ3n) is 2.09. The summed E-state index contributed by atoms with van der Waals surface area (Å²) in [4.78, 5) is 4.31. The van der Waals surface area contributed by atoms with Crippen molar-refractivity contribution in [2.24, 2.45) is 0 Å². The second kappa shape index (κ2) is 4.98. The zero-order chi connectivity index (χ0) is 10.6. The minimum atomic E-state index is 0.971. The van der Waals surface area contributed by atoms with Gasteiger partial charge in [0.15, 0.2) is 5.70 Å². The Bertz CT molecular complexity index is 272. The van der Waals surface area contributed by atoms with E-state index in [9.17, 15) is 0 Å². The van der Waals surface area contributed by atoms with Crippen molar-refractivity contribution in [2.75, 3.05) is 34.7 Å². The third kappa shape index (κ3) is 3.01. The van der Waals surface area contributed by atoms with Crippen LogP contribution in [0.25, 0.3) is 0 Å². The van der Waals surface area contributed by atoms with Crippen LogP contribution in [0.4, 0.5) is 0 Å². The standard InChI is InChI=1S/C11H19N3/c1-13(2)9-7-11(14(3)4)10-6-5-8-12-10/h5-8,12H,9H2,1-4H3/p+1/b11-7-. The predicted octanol–water partition coefficient (Wildman–Crippen LogP) is -0.0319. The number of hydrogen-bond donors (Lipinski definition) is 1. The molecule has 78 valence electrons. The Balaban J connectivity index is 2.69. The summed E-state index contributed by atoms with van der Waals surface area (Å²) >= 11 is 0. The third-order valence-corrected chi connectivity index (χ3v) is 2.09. The molecule has 0 saturated heterocycles. The summed E-state index contributed by atoms with van der Waals surface area (Å²) < 4.78 is 0. The van der Waals surface area contributed by atoms with E-state index in [1.807, 2.05) is 0 Å². The van der Waals surface area contributed by atoms with Gasteiger partial charge in [-0.25, -0.2) is 0 Å². The van der Waals surface area contributed by atoms with Gasteiger partial charge in [-0.15, -0.1) is 0 Å². The van der Waals surface area contributed by atoms with Crippen molar-refractivity contribution in [1.29, 1.82) is 0 Å². The van der Waals surface area contributed by atoms with Crippen LogP contribution < -0.4 is 5.32 Å². The molecule has 3 nitrogen and oxygen atoms in total. The van der Waals surface area contributed by atoms with Gasteiger partial charge in [-0.3, -0.25) is 5.32 Å². The van der Waals surface area contributed by atoms with Crippen molar-refractivity contribution >= 4 is 0 Å². The molecule has 0 aromatic carbocycles. The fraction of sp³-hybridized carbons (Fsp3) is 0.455. The molecular weight excluding hydrogens is 174 g/mol. The lowest BCUT2D eigenvalue weighted by Crippen LogP contribution is -2.75. The number of nitrogens with two attached hydrogens (primary N) is 1. The molecule has 0 saturated carbocycles. The summed E-state index contributed by atoms with van der Waals surface area (Å²) in [5.74, 6) is 0. The fourth-order valence-electron chi connectivity index (χ4n) is 1.37. The monoisotopic (exact) mass is 194 g/mol. The first-order valence-electron chi connectivity index (χ1n) is 4.85. The lowest BCUT2D eigenvalue weighted by molar-refractivity contribution is -0.528. The number of hydrogen-bond acceptors (Lipinski definition) is 2. The fourth-order valence-corrected chi connectivity index (χ4v) is 1.37. The van der Waals surface area contributed by atoms with E-state index in [1.165, 1.54) is 11.4 Å². The molecule has 0 atom stereocenters. The van der Waals surface area contributed by atoms with Crippen molar-refractivity contribution in [2.45, 2.75) is 0 Å². The van der Waals surface area contributed by atoms with Crippen molar-refractivity contribution < 1.29 is 5.32 Å². The first-order valence-corrected chi connectivity index (χ1v) is 4.85. The minimum absolute atomic E-state index is 0.971. The molecule has 0 unspecified atom stereocenters. The molecule has 0 fully saturated rings. The smallest absolute Gasteiger partial charge is 0.157 e. The zero-order valence-corrected chi connectivity index (χ0v) is 9.49. The largest absolute Gasteiger partial charge is 0.373 e. The molecule has 1 aliphatic rings. The highest BCUT2D eigenvalue weighted by Gasteiger charge is 2.12. The first-order chi connectivity index (χ1) is 6.61. The van der Waals surface area contributed by atoms with E-state index in [-0.39, 0.29) is 0 Å². The van der Waals surface area contributed by atoms with Crippen LogP contribution in [0.1, 0.15) is 0 Å². The van der Waals surface area contributed by atoms with E-state index >= 15 is 0 Å². The van der Waals surface area contributed by atoms with Gasteiger partial charge in [-0.2, -0.15) is 0 Å². The Morgan fingerprint density at radius 3 is 2.50 bits per heavy atom. The maximum Gasteiger partial charge on any atom is 0.157 e. The number of nitrogens with zero attached hydrogens (tertiary/aromatic N) is 2. The van der Waals surface area contributed by atoms with E-state index in [4.69, 9.17) is 0 Å². The second-order valence-electron chi connectivity index (χ2n) is 3.92. The van der Waals surface area contributed by atoms with Gasteiger partial charge < -0.3 is 9.80 Å². The maximum absolute atomic E-state index is 2.25. The topological polar surface area (TPSA) is 23.1 Å². The van der Waals surface area contributed by atoms with E-state index < -0.39 is 0 Å². The highest BCUT2D eigenvalue weighted by atomic mass is 15.1. The Hall–Kier alpha value is -1.06. The lowest BCUT2D eigenvalue weighted by atomic mass is 10.2. The highest BCUT2D eigenvalue weighted by Crippen LogP contribution is 2.08. The molecule has 0 aliphatic carbocycles. The summed E-state index contributed by atoms with van der Waals surface area (Å²) in [5, 5.41) is 2.14. The van der Waals surface area contributed by atoms with Crippen LogP contribution in [0, 0.1) is 0 Å². The zero-order valence-electron chi connectivity index (χ0n) is 9.49. The van der Waals surface area contributed by atoms with Crippen molar-refractivity contribution in [3.05, 3.63) is 35.8 Å². The van der Waals surface area contributed by atoms with Gasteiger partial charge in [0.1, 0.15) is 0 Å². The van der Waals surface area contributed by atoms with Crippen LogP contribution >= 0.6 is 0 Å². The molecule has 1 aliphatic heterocycles. The highest BCUT2D eigenvalue weighted by molar-refractivity contribution is 5.28. The summed E-state index contributed by atoms with van der Waals surface area (Å²) in [6.07, 6.45) is 8.53. The number of quaternary nitrogens is 1. The van der Waals surface area contributed by atoms with Crippen LogP contribution in [-0.4, -0.2) is 44.5 Å². The van der Waals surface area contributed by atoms with E-state index in [0.717, 1.165) is 6.54 Å². The van der Waals surface area contributed by atoms with Crippen LogP contribution in [0.2, 0.25) is 0 Å². The molecule has 14 heavy (non-hydrogen) atoms. The van der Waals surface area contributed by atoms with Gasteiger partial charge in [-0.1, -0.05) is 0 Å². The first kappa shape index (κ1) is 11.0. The van der Waals surface area contributed by atoms with Crippen LogP contribution in [-0.2, 0) is 0 Å². The molecule has 0 amide bonds. The molecule has 0 spiro atoms. The van der Waals surface area contributed by atoms with Crippen molar-refractivity contribution in [3.63, 3.8) is 0 Å². The summed E-state index contributed by atoms with van der Waals surface area (Å²) in [6, 6.07) is 0. The van der Waals surface area contributed by atoms with E-state index in [1.54, 1.807) is 0 Å². The lowest BCUT2D eigenvalue weighted by Gasteiger charge is -2.17. The molecule has 0 radical (unpaired) electrons. The van der Waals surface area contributed by atoms with Gasteiger partial charge in [-0.05, 0) is 26.2 Å². The normalized spacial score (nSPS) is 16.4. The molecule has 3 heteroatoms. The van der Waals surface area contributed by atoms with E-state index in [2.05, 4.69) is 67.7 Å². The summed E-state index contributed by atoms with van der Waals surface area (Å²) in [5.41, 5.74) is 2.57. The molecule has 0 aromatic rings. The van der Waals surface area contributed by atoms with Gasteiger partial charge >= 0.3 is 0 Å². The Morgan fingerprint density at radius 1 is 1.36 bits per heavy atom. The van der Waals surface area contributed by atoms with Gasteiger partial charge in [0.2, 0.25) is 0 Å². The average Bonchev–Trinajstić information content (AvgIpc) is 2.56. The summed E-state index contributed by atoms with van der Waals surface area (Å²) in [7, 11) is 8.31. The van der Waals surface area contributed by atoms with E-state index in [0.29, 0.717) is 0 Å². The SMILES string of the molecule is CN(C)C/C=C(/C1=CC=C[NH2+]1)N(C)C. The van der Waals surface area contributed by atoms with Crippen LogP contribution in [0.3, 0.4) is 0 Å². The van der Waals surface area contributed by atoms with Gasteiger partial charge in [0, 0.05) is 26.7 Å². The number of rotatable bonds is 4. The predicted molar refractivity (Wildman–Crippen MR) is 59.5 cm³/mol. The molecule has 0 aromatic heterocycles. The Labute approximate surface area is 86.4 Å². The summed E-state index contributed by atoms with van der Waals surface area (Å²) in [6.45, 7) is 0.971.